The molecule has 0 bridgehead atoms. The zero-order valence-electron chi connectivity index (χ0n) is 12.0. The highest BCUT2D eigenvalue weighted by Gasteiger charge is 2.00. The van der Waals surface area contributed by atoms with Crippen LogP contribution in [0.25, 0.3) is 0 Å². The predicted molar refractivity (Wildman–Crippen MR) is 77.0 cm³/mol. The summed E-state index contributed by atoms with van der Waals surface area (Å²) in [5.41, 5.74) is 0.139. The van der Waals surface area contributed by atoms with E-state index in [4.69, 9.17) is 0 Å². The van der Waals surface area contributed by atoms with E-state index in [1.165, 1.54) is 44.9 Å². The van der Waals surface area contributed by atoms with E-state index < -0.39 is 0 Å². The zero-order valence-corrected chi connectivity index (χ0v) is 12.0. The Morgan fingerprint density at radius 2 is 1.39 bits per heavy atom. The second-order valence-electron chi connectivity index (χ2n) is 5.03. The van der Waals surface area contributed by atoms with Crippen LogP contribution in [0.5, 0.6) is 0 Å². The summed E-state index contributed by atoms with van der Waals surface area (Å²) in [7, 11) is 0. The maximum atomic E-state index is 11.8. The van der Waals surface area contributed by atoms with Gasteiger partial charge in [0.15, 0.2) is 0 Å². The van der Waals surface area contributed by atoms with Crippen molar-refractivity contribution in [2.24, 2.45) is 0 Å². The van der Waals surface area contributed by atoms with Gasteiger partial charge in [-0.1, -0.05) is 51.9 Å². The van der Waals surface area contributed by atoms with Crippen LogP contribution < -0.4 is 5.69 Å². The molecule has 3 heteroatoms. The molecule has 0 saturated carbocycles. The third kappa shape index (κ3) is 5.11. The molecule has 0 aliphatic carbocycles. The molecule has 0 saturated heterocycles. The number of aryl methyl sites for hydroxylation is 2. The van der Waals surface area contributed by atoms with E-state index in [2.05, 4.69) is 6.92 Å². The van der Waals surface area contributed by atoms with Crippen LogP contribution in [0.2, 0.25) is 0 Å². The third-order valence-corrected chi connectivity index (χ3v) is 3.51. The van der Waals surface area contributed by atoms with Crippen molar-refractivity contribution in [3.63, 3.8) is 0 Å². The van der Waals surface area contributed by atoms with Crippen LogP contribution in [0.3, 0.4) is 0 Å². The lowest BCUT2D eigenvalue weighted by Crippen LogP contribution is -2.23. The lowest BCUT2D eigenvalue weighted by Gasteiger charge is -2.02. The lowest BCUT2D eigenvalue weighted by atomic mass is 10.1. The molecule has 3 nitrogen and oxygen atoms in total. The van der Waals surface area contributed by atoms with Gasteiger partial charge < -0.3 is 0 Å². The Hall–Kier alpha value is -0.990. The molecule has 1 aromatic rings. The van der Waals surface area contributed by atoms with Crippen molar-refractivity contribution < 1.29 is 0 Å². The molecular formula is C15H28N2O. The van der Waals surface area contributed by atoms with E-state index in [0.717, 1.165) is 19.5 Å². The molecule has 0 spiro atoms. The molecule has 0 aliphatic rings. The smallest absolute Gasteiger partial charge is 0.300 e. The number of unbranched alkanes of at least 4 members (excludes halogenated alkanes) is 7. The molecule has 0 aromatic carbocycles. The Labute approximate surface area is 111 Å². The molecular weight excluding hydrogens is 224 g/mol. The summed E-state index contributed by atoms with van der Waals surface area (Å²) in [6.07, 6.45) is 14.3. The Morgan fingerprint density at radius 3 is 1.94 bits per heavy atom. The monoisotopic (exact) mass is 252 g/mol. The Bertz CT molecular complexity index is 365. The maximum absolute atomic E-state index is 11.8. The molecule has 0 fully saturated rings. The lowest BCUT2D eigenvalue weighted by molar-refractivity contribution is 0.532. The summed E-state index contributed by atoms with van der Waals surface area (Å²) in [6, 6.07) is 0. The van der Waals surface area contributed by atoms with Crippen LogP contribution in [-0.2, 0) is 13.1 Å². The van der Waals surface area contributed by atoms with E-state index in [0.29, 0.717) is 0 Å². The van der Waals surface area contributed by atoms with Crippen LogP contribution in [0.15, 0.2) is 17.2 Å². The highest BCUT2D eigenvalue weighted by Crippen LogP contribution is 2.08. The van der Waals surface area contributed by atoms with Crippen LogP contribution in [0.1, 0.15) is 65.2 Å². The number of imidazole rings is 1. The number of hydrogen-bond donors (Lipinski definition) is 0. The van der Waals surface area contributed by atoms with Crippen molar-refractivity contribution in [1.29, 1.82) is 0 Å². The molecule has 1 aromatic heterocycles. The maximum Gasteiger partial charge on any atom is 0.328 e. The zero-order chi connectivity index (χ0) is 13.2. The van der Waals surface area contributed by atoms with Gasteiger partial charge in [-0.15, -0.1) is 0 Å². The molecule has 0 aliphatic heterocycles. The highest BCUT2D eigenvalue weighted by atomic mass is 16.1. The summed E-state index contributed by atoms with van der Waals surface area (Å²) in [5.74, 6) is 0. The average Bonchev–Trinajstić information content (AvgIpc) is 2.73. The van der Waals surface area contributed by atoms with E-state index >= 15 is 0 Å². The van der Waals surface area contributed by atoms with Crippen molar-refractivity contribution in [1.82, 2.24) is 9.13 Å². The Balaban J connectivity index is 2.07. The standard InChI is InChI=1S/C15H28N2O/c1-3-5-6-7-8-9-10-11-12-17-14-13-16(4-2)15(17)18/h13-14H,3-12H2,1-2H3. The first-order valence-electron chi connectivity index (χ1n) is 7.55. The molecule has 1 rings (SSSR count). The predicted octanol–water partition coefficient (Wildman–Crippen LogP) is 3.81. The summed E-state index contributed by atoms with van der Waals surface area (Å²) in [6.45, 7) is 5.90. The Kier molecular flexibility index (Phi) is 7.54. The first kappa shape index (κ1) is 15.1. The van der Waals surface area contributed by atoms with Gasteiger partial charge in [-0.2, -0.15) is 0 Å². The quantitative estimate of drug-likeness (QED) is 0.582. The fourth-order valence-electron chi connectivity index (χ4n) is 2.28. The van der Waals surface area contributed by atoms with Crippen LogP contribution >= 0.6 is 0 Å². The van der Waals surface area contributed by atoms with Gasteiger partial charge in [0.1, 0.15) is 0 Å². The van der Waals surface area contributed by atoms with E-state index in [-0.39, 0.29) is 5.69 Å². The summed E-state index contributed by atoms with van der Waals surface area (Å²) < 4.78 is 3.59. The van der Waals surface area contributed by atoms with Crippen molar-refractivity contribution in [2.75, 3.05) is 0 Å². The van der Waals surface area contributed by atoms with Gasteiger partial charge >= 0.3 is 5.69 Å². The largest absolute Gasteiger partial charge is 0.328 e. The minimum atomic E-state index is 0.139. The summed E-state index contributed by atoms with van der Waals surface area (Å²) in [4.78, 5) is 11.8. The molecule has 1 heterocycles. The van der Waals surface area contributed by atoms with Crippen LogP contribution in [0.4, 0.5) is 0 Å². The first-order valence-corrected chi connectivity index (χ1v) is 7.55. The Morgan fingerprint density at radius 1 is 0.833 bits per heavy atom. The van der Waals surface area contributed by atoms with Crippen LogP contribution in [0, 0.1) is 0 Å². The number of hydrogen-bond acceptors (Lipinski definition) is 1. The minimum Gasteiger partial charge on any atom is -0.300 e. The molecule has 18 heavy (non-hydrogen) atoms. The van der Waals surface area contributed by atoms with Crippen molar-refractivity contribution in [2.45, 2.75) is 78.3 Å². The van der Waals surface area contributed by atoms with E-state index in [1.807, 2.05) is 23.9 Å². The molecule has 0 atom stereocenters. The normalized spacial score (nSPS) is 11.0. The fraction of sp³-hybridized carbons (Fsp3) is 0.800. The first-order chi connectivity index (χ1) is 8.79. The molecule has 0 N–H and O–H groups in total. The SMILES string of the molecule is CCCCCCCCCCn1ccn(CC)c1=O. The molecule has 104 valence electrons. The van der Waals surface area contributed by atoms with E-state index in [9.17, 15) is 4.79 Å². The van der Waals surface area contributed by atoms with Crippen LogP contribution in [-0.4, -0.2) is 9.13 Å². The molecule has 0 amide bonds. The number of nitrogens with zero attached hydrogens (tertiary/aromatic N) is 2. The van der Waals surface area contributed by atoms with Gasteiger partial charge in [-0.25, -0.2) is 4.79 Å². The van der Waals surface area contributed by atoms with Crippen molar-refractivity contribution in [3.8, 4) is 0 Å². The van der Waals surface area contributed by atoms with Crippen molar-refractivity contribution in [3.05, 3.63) is 22.9 Å². The topological polar surface area (TPSA) is 26.9 Å². The van der Waals surface area contributed by atoms with Gasteiger partial charge in [0, 0.05) is 25.5 Å². The molecule has 0 radical (unpaired) electrons. The second kappa shape index (κ2) is 9.01. The van der Waals surface area contributed by atoms with Gasteiger partial charge in [-0.3, -0.25) is 9.13 Å². The van der Waals surface area contributed by atoms with Gasteiger partial charge in [-0.05, 0) is 13.3 Å². The average molecular weight is 252 g/mol. The number of aromatic nitrogens is 2. The van der Waals surface area contributed by atoms with Gasteiger partial charge in [0.2, 0.25) is 0 Å². The minimum absolute atomic E-state index is 0.139. The van der Waals surface area contributed by atoms with Gasteiger partial charge in [0.25, 0.3) is 0 Å². The fourth-order valence-corrected chi connectivity index (χ4v) is 2.28. The summed E-state index contributed by atoms with van der Waals surface area (Å²) >= 11 is 0. The molecule has 0 unspecified atom stereocenters. The van der Waals surface area contributed by atoms with Gasteiger partial charge in [0.05, 0.1) is 0 Å². The summed E-state index contributed by atoms with van der Waals surface area (Å²) in [5, 5.41) is 0. The third-order valence-electron chi connectivity index (χ3n) is 3.51. The highest BCUT2D eigenvalue weighted by molar-refractivity contribution is 4.80. The second-order valence-corrected chi connectivity index (χ2v) is 5.03. The van der Waals surface area contributed by atoms with E-state index in [1.54, 1.807) is 4.57 Å². The number of rotatable bonds is 10. The van der Waals surface area contributed by atoms with Crippen molar-refractivity contribution >= 4 is 0 Å².